The van der Waals surface area contributed by atoms with E-state index < -0.39 is 5.92 Å². The number of methoxy groups -OCH3 is 1. The van der Waals surface area contributed by atoms with Crippen molar-refractivity contribution < 1.29 is 9.53 Å². The first-order chi connectivity index (χ1) is 10.7. The first-order valence-corrected chi connectivity index (χ1v) is 7.11. The van der Waals surface area contributed by atoms with Crippen LogP contribution in [0.3, 0.4) is 0 Å². The Hall–Kier alpha value is -2.81. The number of hydrogen-bond acceptors (Lipinski definition) is 2. The van der Waals surface area contributed by atoms with Crippen molar-refractivity contribution in [3.8, 4) is 5.75 Å². The average molecular weight is 291 g/mol. The number of fused-ring (bicyclic) bond motifs is 1. The Morgan fingerprint density at radius 3 is 2.27 bits per heavy atom. The summed E-state index contributed by atoms with van der Waals surface area (Å²) in [5, 5.41) is 2.12. The highest BCUT2D eigenvalue weighted by molar-refractivity contribution is 5.89. The van der Waals surface area contributed by atoms with Crippen LogP contribution in [-0.2, 0) is 4.79 Å². The quantitative estimate of drug-likeness (QED) is 0.800. The summed E-state index contributed by atoms with van der Waals surface area (Å²) in [6, 6.07) is 21.4. The standard InChI is InChI=1S/C19H17NO2/c1-22-17-10-9-14-11-16(8-7-15(14)12-17)18(19(20)21)13-5-3-2-4-6-13/h2-12,18H,1H3,(H2,20,21). The van der Waals surface area contributed by atoms with E-state index in [4.69, 9.17) is 10.5 Å². The highest BCUT2D eigenvalue weighted by Crippen LogP contribution is 2.28. The molecule has 3 heteroatoms. The molecule has 0 saturated heterocycles. The van der Waals surface area contributed by atoms with Crippen LogP contribution >= 0.6 is 0 Å². The Morgan fingerprint density at radius 1 is 0.909 bits per heavy atom. The number of carbonyl (C=O) groups is 1. The fourth-order valence-corrected chi connectivity index (χ4v) is 2.72. The maximum Gasteiger partial charge on any atom is 0.229 e. The lowest BCUT2D eigenvalue weighted by Gasteiger charge is -2.15. The van der Waals surface area contributed by atoms with Gasteiger partial charge in [0.05, 0.1) is 13.0 Å². The third kappa shape index (κ3) is 2.66. The molecule has 0 bridgehead atoms. The van der Waals surface area contributed by atoms with Crippen molar-refractivity contribution in [1.29, 1.82) is 0 Å². The number of ether oxygens (including phenoxy) is 1. The van der Waals surface area contributed by atoms with Gasteiger partial charge in [0.2, 0.25) is 5.91 Å². The van der Waals surface area contributed by atoms with Crippen molar-refractivity contribution in [1.82, 2.24) is 0 Å². The van der Waals surface area contributed by atoms with Gasteiger partial charge in [-0.05, 0) is 34.0 Å². The lowest BCUT2D eigenvalue weighted by molar-refractivity contribution is -0.118. The summed E-state index contributed by atoms with van der Waals surface area (Å²) in [6.45, 7) is 0. The topological polar surface area (TPSA) is 52.3 Å². The maximum absolute atomic E-state index is 11.9. The number of carbonyl (C=O) groups excluding carboxylic acids is 1. The zero-order valence-corrected chi connectivity index (χ0v) is 12.3. The van der Waals surface area contributed by atoms with Gasteiger partial charge in [-0.2, -0.15) is 0 Å². The van der Waals surface area contributed by atoms with E-state index in [0.29, 0.717) is 0 Å². The molecule has 0 aliphatic rings. The Bertz CT molecular complexity index is 812. The molecule has 0 saturated carbocycles. The Kier molecular flexibility index (Phi) is 3.79. The molecule has 3 aromatic carbocycles. The highest BCUT2D eigenvalue weighted by Gasteiger charge is 2.20. The van der Waals surface area contributed by atoms with Gasteiger partial charge in [-0.3, -0.25) is 4.79 Å². The van der Waals surface area contributed by atoms with Crippen molar-refractivity contribution >= 4 is 16.7 Å². The van der Waals surface area contributed by atoms with Crippen LogP contribution in [0.1, 0.15) is 17.0 Å². The minimum absolute atomic E-state index is 0.348. The van der Waals surface area contributed by atoms with Crippen molar-refractivity contribution in [3.63, 3.8) is 0 Å². The molecule has 3 nitrogen and oxygen atoms in total. The molecule has 0 aromatic heterocycles. The van der Waals surface area contributed by atoms with E-state index in [9.17, 15) is 4.79 Å². The zero-order valence-electron chi connectivity index (χ0n) is 12.3. The second kappa shape index (κ2) is 5.90. The SMILES string of the molecule is COc1ccc2cc(C(C(N)=O)c3ccccc3)ccc2c1. The second-order valence-corrected chi connectivity index (χ2v) is 5.22. The lowest BCUT2D eigenvalue weighted by atomic mass is 9.89. The van der Waals surface area contributed by atoms with Crippen molar-refractivity contribution in [2.45, 2.75) is 5.92 Å². The predicted molar refractivity (Wildman–Crippen MR) is 88.0 cm³/mol. The van der Waals surface area contributed by atoms with Crippen LogP contribution in [0, 0.1) is 0 Å². The van der Waals surface area contributed by atoms with Crippen molar-refractivity contribution in [2.24, 2.45) is 5.73 Å². The summed E-state index contributed by atoms with van der Waals surface area (Å²) in [5.74, 6) is 0.0292. The van der Waals surface area contributed by atoms with Gasteiger partial charge in [0.1, 0.15) is 5.75 Å². The summed E-state index contributed by atoms with van der Waals surface area (Å²) in [6.07, 6.45) is 0. The number of hydrogen-bond donors (Lipinski definition) is 1. The first kappa shape index (κ1) is 14.1. The average Bonchev–Trinajstić information content (AvgIpc) is 2.55. The van der Waals surface area contributed by atoms with Crippen LogP contribution in [-0.4, -0.2) is 13.0 Å². The van der Waals surface area contributed by atoms with Gasteiger partial charge in [-0.1, -0.05) is 54.6 Å². The van der Waals surface area contributed by atoms with Crippen LogP contribution in [0.15, 0.2) is 66.7 Å². The summed E-state index contributed by atoms with van der Waals surface area (Å²) >= 11 is 0. The van der Waals surface area contributed by atoms with Crippen LogP contribution < -0.4 is 10.5 Å². The smallest absolute Gasteiger partial charge is 0.229 e. The molecule has 22 heavy (non-hydrogen) atoms. The Labute approximate surface area is 129 Å². The molecule has 0 heterocycles. The molecule has 0 radical (unpaired) electrons. The molecule has 2 N–H and O–H groups in total. The largest absolute Gasteiger partial charge is 0.497 e. The van der Waals surface area contributed by atoms with Crippen LogP contribution in [0.25, 0.3) is 10.8 Å². The number of rotatable bonds is 4. The molecule has 0 aliphatic carbocycles. The summed E-state index contributed by atoms with van der Waals surface area (Å²) in [7, 11) is 1.65. The minimum atomic E-state index is -0.437. The normalized spacial score (nSPS) is 12.0. The fourth-order valence-electron chi connectivity index (χ4n) is 2.72. The molecular weight excluding hydrogens is 274 g/mol. The number of primary amides is 1. The van der Waals surface area contributed by atoms with Crippen molar-refractivity contribution in [3.05, 3.63) is 77.9 Å². The molecular formula is C19H17NO2. The van der Waals surface area contributed by atoms with E-state index in [1.165, 1.54) is 0 Å². The predicted octanol–water partition coefficient (Wildman–Crippen LogP) is 3.47. The van der Waals surface area contributed by atoms with E-state index >= 15 is 0 Å². The minimum Gasteiger partial charge on any atom is -0.497 e. The monoisotopic (exact) mass is 291 g/mol. The molecule has 1 atom stereocenters. The Morgan fingerprint density at radius 2 is 1.59 bits per heavy atom. The van der Waals surface area contributed by atoms with E-state index in [2.05, 4.69) is 0 Å². The fraction of sp³-hybridized carbons (Fsp3) is 0.105. The third-order valence-electron chi connectivity index (χ3n) is 3.82. The van der Waals surface area contributed by atoms with Gasteiger partial charge in [0.15, 0.2) is 0 Å². The Balaban J connectivity index is 2.09. The molecule has 0 aliphatic heterocycles. The molecule has 1 unspecified atom stereocenters. The molecule has 3 aromatic rings. The number of benzene rings is 3. The van der Waals surface area contributed by atoms with Gasteiger partial charge in [-0.15, -0.1) is 0 Å². The van der Waals surface area contributed by atoms with Gasteiger partial charge in [0.25, 0.3) is 0 Å². The van der Waals surface area contributed by atoms with E-state index in [1.807, 2.05) is 66.7 Å². The molecule has 0 fully saturated rings. The van der Waals surface area contributed by atoms with E-state index in [0.717, 1.165) is 27.6 Å². The van der Waals surface area contributed by atoms with Crippen molar-refractivity contribution in [2.75, 3.05) is 7.11 Å². The molecule has 1 amide bonds. The van der Waals surface area contributed by atoms with E-state index in [1.54, 1.807) is 7.11 Å². The van der Waals surface area contributed by atoms with Crippen LogP contribution in [0.5, 0.6) is 5.75 Å². The first-order valence-electron chi connectivity index (χ1n) is 7.11. The van der Waals surface area contributed by atoms with Crippen LogP contribution in [0.4, 0.5) is 0 Å². The molecule has 110 valence electrons. The summed E-state index contributed by atoms with van der Waals surface area (Å²) in [5.41, 5.74) is 7.44. The maximum atomic E-state index is 11.9. The van der Waals surface area contributed by atoms with Gasteiger partial charge >= 0.3 is 0 Å². The van der Waals surface area contributed by atoms with Gasteiger partial charge in [0, 0.05) is 0 Å². The number of nitrogens with two attached hydrogens (primary N) is 1. The van der Waals surface area contributed by atoms with Gasteiger partial charge in [-0.25, -0.2) is 0 Å². The van der Waals surface area contributed by atoms with E-state index in [-0.39, 0.29) is 5.91 Å². The zero-order chi connectivity index (χ0) is 15.5. The second-order valence-electron chi connectivity index (χ2n) is 5.22. The number of amides is 1. The third-order valence-corrected chi connectivity index (χ3v) is 3.82. The summed E-state index contributed by atoms with van der Waals surface area (Å²) < 4.78 is 5.23. The van der Waals surface area contributed by atoms with Crippen LogP contribution in [0.2, 0.25) is 0 Å². The summed E-state index contributed by atoms with van der Waals surface area (Å²) in [4.78, 5) is 11.9. The highest BCUT2D eigenvalue weighted by atomic mass is 16.5. The molecule has 3 rings (SSSR count). The van der Waals surface area contributed by atoms with Gasteiger partial charge < -0.3 is 10.5 Å². The molecule has 0 spiro atoms. The lowest BCUT2D eigenvalue weighted by Crippen LogP contribution is -2.22.